The molecule has 28 heavy (non-hydrogen) atoms. The number of nitrogens with zero attached hydrogens (tertiary/aromatic N) is 3. The van der Waals surface area contributed by atoms with Gasteiger partial charge in [-0.15, -0.1) is 0 Å². The van der Waals surface area contributed by atoms with Gasteiger partial charge in [0.05, 0.1) is 6.67 Å². The summed E-state index contributed by atoms with van der Waals surface area (Å²) < 4.78 is 3.47. The summed E-state index contributed by atoms with van der Waals surface area (Å²) in [4.78, 5) is 19.4. The van der Waals surface area contributed by atoms with Crippen molar-refractivity contribution in [2.75, 3.05) is 13.1 Å². The molecule has 2 heterocycles. The van der Waals surface area contributed by atoms with Crippen molar-refractivity contribution in [3.63, 3.8) is 0 Å². The van der Waals surface area contributed by atoms with Crippen LogP contribution < -0.4 is 0 Å². The monoisotopic (exact) mass is 456 g/mol. The summed E-state index contributed by atoms with van der Waals surface area (Å²) in [6, 6.07) is 17.6. The SMILES string of the molecule is O=C(c1ccccc1)C1CCN(Cn2[nH]c(-c3ccc(Br)cc3)nc2=S)CC1. The first kappa shape index (κ1) is 19.2. The number of halogens is 1. The van der Waals surface area contributed by atoms with Crippen LogP contribution in [0.15, 0.2) is 59.1 Å². The molecule has 0 unspecified atom stereocenters. The topological polar surface area (TPSA) is 53.9 Å². The Bertz CT molecular complexity index is 1000. The highest BCUT2D eigenvalue weighted by atomic mass is 79.9. The number of H-pyrrole nitrogens is 1. The number of aromatic nitrogens is 3. The number of hydrogen-bond acceptors (Lipinski definition) is 4. The number of hydrogen-bond donors (Lipinski definition) is 1. The Hall–Kier alpha value is -2.09. The number of likely N-dealkylation sites (tertiary alicyclic amines) is 1. The zero-order valence-electron chi connectivity index (χ0n) is 15.3. The Morgan fingerprint density at radius 1 is 1.11 bits per heavy atom. The van der Waals surface area contributed by atoms with Crippen molar-refractivity contribution in [3.05, 3.63) is 69.4 Å². The minimum atomic E-state index is 0.103. The van der Waals surface area contributed by atoms with Gasteiger partial charge in [0.1, 0.15) is 0 Å². The fourth-order valence-electron chi connectivity index (χ4n) is 3.56. The van der Waals surface area contributed by atoms with E-state index in [1.807, 2.05) is 59.3 Å². The van der Waals surface area contributed by atoms with Crippen LogP contribution in [0.5, 0.6) is 0 Å². The van der Waals surface area contributed by atoms with E-state index in [0.29, 0.717) is 11.4 Å². The van der Waals surface area contributed by atoms with Crippen LogP contribution in [0.1, 0.15) is 23.2 Å². The molecule has 0 aliphatic carbocycles. The van der Waals surface area contributed by atoms with Gasteiger partial charge >= 0.3 is 0 Å². The second-order valence-corrected chi connectivity index (χ2v) is 8.33. The van der Waals surface area contributed by atoms with Crippen LogP contribution in [-0.2, 0) is 6.67 Å². The molecule has 0 spiro atoms. The molecule has 1 fully saturated rings. The van der Waals surface area contributed by atoms with Gasteiger partial charge in [0.15, 0.2) is 11.6 Å². The van der Waals surface area contributed by atoms with Crippen molar-refractivity contribution < 1.29 is 4.79 Å². The lowest BCUT2D eigenvalue weighted by atomic mass is 9.89. The highest BCUT2D eigenvalue weighted by Gasteiger charge is 2.26. The summed E-state index contributed by atoms with van der Waals surface area (Å²) >= 11 is 8.87. The molecule has 2 aromatic carbocycles. The Labute approximate surface area is 177 Å². The fourth-order valence-corrected chi connectivity index (χ4v) is 4.02. The maximum absolute atomic E-state index is 12.6. The van der Waals surface area contributed by atoms with Gasteiger partial charge in [0.2, 0.25) is 4.77 Å². The molecule has 7 heteroatoms. The molecule has 0 bridgehead atoms. The highest BCUT2D eigenvalue weighted by Crippen LogP contribution is 2.23. The predicted molar refractivity (Wildman–Crippen MR) is 116 cm³/mol. The normalized spacial score (nSPS) is 15.6. The van der Waals surface area contributed by atoms with Gasteiger partial charge in [-0.1, -0.05) is 58.4 Å². The largest absolute Gasteiger partial charge is 0.294 e. The average molecular weight is 457 g/mol. The number of nitrogens with one attached hydrogen (secondary N) is 1. The van der Waals surface area contributed by atoms with Gasteiger partial charge in [-0.25, -0.2) is 4.68 Å². The van der Waals surface area contributed by atoms with E-state index in [9.17, 15) is 4.79 Å². The van der Waals surface area contributed by atoms with Gasteiger partial charge in [-0.2, -0.15) is 4.98 Å². The van der Waals surface area contributed by atoms with Crippen LogP contribution in [0.4, 0.5) is 0 Å². The molecule has 1 aliphatic rings. The Kier molecular flexibility index (Phi) is 5.85. The lowest BCUT2D eigenvalue weighted by Crippen LogP contribution is -2.37. The molecule has 1 saturated heterocycles. The van der Waals surface area contributed by atoms with E-state index in [4.69, 9.17) is 12.2 Å². The molecule has 4 rings (SSSR count). The fraction of sp³-hybridized carbons (Fsp3) is 0.286. The summed E-state index contributed by atoms with van der Waals surface area (Å²) in [6.07, 6.45) is 1.74. The van der Waals surface area contributed by atoms with Gasteiger partial charge in [0, 0.05) is 34.6 Å². The van der Waals surface area contributed by atoms with Crippen molar-refractivity contribution in [2.24, 2.45) is 5.92 Å². The van der Waals surface area contributed by atoms with Crippen LogP contribution >= 0.6 is 28.1 Å². The van der Waals surface area contributed by atoms with Gasteiger partial charge < -0.3 is 0 Å². The highest BCUT2D eigenvalue weighted by molar-refractivity contribution is 9.10. The molecule has 0 saturated carbocycles. The maximum atomic E-state index is 12.6. The first-order valence-corrected chi connectivity index (χ1v) is 10.5. The summed E-state index contributed by atoms with van der Waals surface area (Å²) in [5.41, 5.74) is 1.82. The van der Waals surface area contributed by atoms with E-state index in [2.05, 4.69) is 30.9 Å². The van der Waals surface area contributed by atoms with Crippen molar-refractivity contribution in [2.45, 2.75) is 19.5 Å². The minimum Gasteiger partial charge on any atom is -0.294 e. The molecule has 0 radical (unpaired) electrons. The van der Waals surface area contributed by atoms with E-state index < -0.39 is 0 Å². The maximum Gasteiger partial charge on any atom is 0.217 e. The molecular formula is C21H21BrN4OS. The number of aromatic amines is 1. The van der Waals surface area contributed by atoms with Gasteiger partial charge in [-0.3, -0.25) is 14.8 Å². The van der Waals surface area contributed by atoms with E-state index >= 15 is 0 Å². The Morgan fingerprint density at radius 3 is 2.46 bits per heavy atom. The van der Waals surface area contributed by atoms with Gasteiger partial charge in [-0.05, 0) is 37.2 Å². The minimum absolute atomic E-state index is 0.103. The average Bonchev–Trinajstić information content (AvgIpc) is 3.09. The number of carbonyl (C=O) groups excluding carboxylic acids is 1. The van der Waals surface area contributed by atoms with E-state index in [0.717, 1.165) is 47.4 Å². The van der Waals surface area contributed by atoms with Crippen LogP contribution in [-0.4, -0.2) is 38.5 Å². The molecule has 1 N–H and O–H groups in total. The number of rotatable bonds is 5. The third-order valence-electron chi connectivity index (χ3n) is 5.15. The van der Waals surface area contributed by atoms with Crippen molar-refractivity contribution >= 4 is 33.9 Å². The van der Waals surface area contributed by atoms with Crippen molar-refractivity contribution in [3.8, 4) is 11.4 Å². The number of Topliss-reactive ketones (excluding diaryl/α,β-unsaturated/α-hetero) is 1. The van der Waals surface area contributed by atoms with Crippen molar-refractivity contribution in [1.29, 1.82) is 0 Å². The summed E-state index contributed by atoms with van der Waals surface area (Å²) in [7, 11) is 0. The molecule has 0 atom stereocenters. The Morgan fingerprint density at radius 2 is 1.79 bits per heavy atom. The first-order valence-electron chi connectivity index (χ1n) is 9.34. The zero-order valence-corrected chi connectivity index (χ0v) is 17.7. The second-order valence-electron chi connectivity index (χ2n) is 7.05. The van der Waals surface area contributed by atoms with Crippen LogP contribution in [0.25, 0.3) is 11.4 Å². The van der Waals surface area contributed by atoms with Crippen molar-refractivity contribution in [1.82, 2.24) is 19.7 Å². The molecule has 5 nitrogen and oxygen atoms in total. The van der Waals surface area contributed by atoms with E-state index in [1.165, 1.54) is 0 Å². The van der Waals surface area contributed by atoms with Gasteiger partial charge in [0.25, 0.3) is 0 Å². The number of piperidine rings is 1. The quantitative estimate of drug-likeness (QED) is 0.437. The van der Waals surface area contributed by atoms with E-state index in [-0.39, 0.29) is 11.7 Å². The number of carbonyl (C=O) groups is 1. The standard InChI is InChI=1S/C21H21BrN4OS/c22-18-8-6-17(7-9-18)20-23-21(28)26(24-20)14-25-12-10-16(11-13-25)19(27)15-4-2-1-3-5-15/h1-9,16H,10-14H2,(H,23,24,28). The first-order chi connectivity index (χ1) is 13.6. The summed E-state index contributed by atoms with van der Waals surface area (Å²) in [6.45, 7) is 2.41. The molecule has 1 aliphatic heterocycles. The third-order valence-corrected chi connectivity index (χ3v) is 6.00. The van der Waals surface area contributed by atoms with Crippen LogP contribution in [0, 0.1) is 10.7 Å². The van der Waals surface area contributed by atoms with E-state index in [1.54, 1.807) is 0 Å². The smallest absolute Gasteiger partial charge is 0.217 e. The predicted octanol–water partition coefficient (Wildman–Crippen LogP) is 4.92. The second kappa shape index (κ2) is 8.51. The summed E-state index contributed by atoms with van der Waals surface area (Å²) in [5.74, 6) is 1.13. The molecule has 144 valence electrons. The number of ketones is 1. The lowest BCUT2D eigenvalue weighted by Gasteiger charge is -2.31. The summed E-state index contributed by atoms with van der Waals surface area (Å²) in [5, 5.41) is 3.30. The Balaban J connectivity index is 1.38. The molecular weight excluding hydrogens is 436 g/mol. The molecule has 0 amide bonds. The number of benzene rings is 2. The lowest BCUT2D eigenvalue weighted by molar-refractivity contribution is 0.0803. The molecule has 1 aromatic heterocycles. The molecule has 3 aromatic rings. The van der Waals surface area contributed by atoms with Crippen LogP contribution in [0.2, 0.25) is 0 Å². The third kappa shape index (κ3) is 4.32. The zero-order chi connectivity index (χ0) is 19.5. The van der Waals surface area contributed by atoms with Crippen LogP contribution in [0.3, 0.4) is 0 Å².